The average Bonchev–Trinajstić information content (AvgIpc) is 3.08. The second-order valence-electron chi connectivity index (χ2n) is 6.32. The van der Waals surface area contributed by atoms with Crippen molar-refractivity contribution in [3.05, 3.63) is 30.6 Å². The molecule has 0 bridgehead atoms. The molecular formula is C16H22N6O. The van der Waals surface area contributed by atoms with Gasteiger partial charge in [0.25, 0.3) is 0 Å². The van der Waals surface area contributed by atoms with Crippen LogP contribution in [0.15, 0.2) is 24.8 Å². The van der Waals surface area contributed by atoms with Gasteiger partial charge in [-0.15, -0.1) is 0 Å². The van der Waals surface area contributed by atoms with Crippen molar-refractivity contribution in [1.29, 1.82) is 0 Å². The van der Waals surface area contributed by atoms with Gasteiger partial charge in [0.05, 0.1) is 0 Å². The minimum atomic E-state index is 0.0494. The molecule has 1 saturated carbocycles. The van der Waals surface area contributed by atoms with Crippen molar-refractivity contribution in [3.8, 4) is 0 Å². The molecule has 2 atom stereocenters. The Bertz CT molecular complexity index is 668. The van der Waals surface area contributed by atoms with E-state index in [0.29, 0.717) is 12.0 Å². The molecule has 0 aromatic carbocycles. The van der Waals surface area contributed by atoms with Gasteiger partial charge < -0.3 is 19.9 Å². The number of nitrogens with zero attached hydrogens (tertiary/aromatic N) is 4. The minimum Gasteiger partial charge on any atom is -0.370 e. The number of hydrogen-bond donors (Lipinski definition) is 2. The van der Waals surface area contributed by atoms with Gasteiger partial charge >= 0.3 is 0 Å². The van der Waals surface area contributed by atoms with Gasteiger partial charge in [-0.3, -0.25) is 0 Å². The molecule has 0 amide bonds. The molecule has 2 aromatic heterocycles. The second kappa shape index (κ2) is 6.16. The van der Waals surface area contributed by atoms with E-state index in [1.54, 1.807) is 6.33 Å². The molecular weight excluding hydrogens is 292 g/mol. The summed E-state index contributed by atoms with van der Waals surface area (Å²) in [7, 11) is 2.01. The Morgan fingerprint density at radius 3 is 2.87 bits per heavy atom. The lowest BCUT2D eigenvalue weighted by molar-refractivity contribution is 0.0839. The topological polar surface area (TPSA) is 76.9 Å². The third kappa shape index (κ3) is 3.29. The number of imidazole rings is 1. The first-order chi connectivity index (χ1) is 11.3. The zero-order valence-electron chi connectivity index (χ0n) is 13.3. The van der Waals surface area contributed by atoms with Crippen molar-refractivity contribution in [3.63, 3.8) is 0 Å². The summed E-state index contributed by atoms with van der Waals surface area (Å²) in [6, 6.07) is 2.57. The first kappa shape index (κ1) is 14.4. The van der Waals surface area contributed by atoms with E-state index >= 15 is 0 Å². The Balaban J connectivity index is 1.39. The van der Waals surface area contributed by atoms with Crippen molar-refractivity contribution in [2.75, 3.05) is 23.8 Å². The first-order valence-corrected chi connectivity index (χ1v) is 8.21. The predicted molar refractivity (Wildman–Crippen MR) is 87.2 cm³/mol. The zero-order chi connectivity index (χ0) is 15.6. The summed E-state index contributed by atoms with van der Waals surface area (Å²) in [6.45, 7) is 1.60. The van der Waals surface area contributed by atoms with Crippen LogP contribution in [0.1, 0.15) is 31.2 Å². The highest BCUT2D eigenvalue weighted by atomic mass is 16.5. The molecule has 2 aliphatic rings. The predicted octanol–water partition coefficient (Wildman–Crippen LogP) is 1.97. The van der Waals surface area contributed by atoms with Crippen LogP contribution in [0.4, 0.5) is 11.6 Å². The molecule has 4 rings (SSSR count). The van der Waals surface area contributed by atoms with Gasteiger partial charge in [-0.25, -0.2) is 15.0 Å². The molecule has 2 N–H and O–H groups in total. The summed E-state index contributed by atoms with van der Waals surface area (Å²) >= 11 is 0. The van der Waals surface area contributed by atoms with E-state index in [4.69, 9.17) is 4.74 Å². The largest absolute Gasteiger partial charge is 0.370 e. The fourth-order valence-corrected chi connectivity index (χ4v) is 2.98. The molecule has 3 heterocycles. The third-order valence-corrected chi connectivity index (χ3v) is 4.47. The number of anilines is 2. The monoisotopic (exact) mass is 314 g/mol. The van der Waals surface area contributed by atoms with Gasteiger partial charge in [0.2, 0.25) is 0 Å². The summed E-state index contributed by atoms with van der Waals surface area (Å²) in [4.78, 5) is 13.0. The molecule has 0 radical (unpaired) electrons. The lowest BCUT2D eigenvalue weighted by Gasteiger charge is -2.19. The molecule has 0 spiro atoms. The molecule has 7 nitrogen and oxygen atoms in total. The van der Waals surface area contributed by atoms with Crippen molar-refractivity contribution >= 4 is 11.6 Å². The molecule has 1 aliphatic heterocycles. The van der Waals surface area contributed by atoms with Crippen LogP contribution in [0, 0.1) is 5.92 Å². The summed E-state index contributed by atoms with van der Waals surface area (Å²) in [6.07, 6.45) is 8.93. The van der Waals surface area contributed by atoms with Gasteiger partial charge in [-0.2, -0.15) is 0 Å². The highest BCUT2D eigenvalue weighted by Gasteiger charge is 2.32. The van der Waals surface area contributed by atoms with Crippen molar-refractivity contribution in [2.24, 2.45) is 13.0 Å². The second-order valence-corrected chi connectivity index (χ2v) is 6.32. The van der Waals surface area contributed by atoms with E-state index < -0.39 is 0 Å². The normalized spacial score (nSPS) is 23.9. The lowest BCUT2D eigenvalue weighted by atomic mass is 10.0. The van der Waals surface area contributed by atoms with Gasteiger partial charge in [-0.05, 0) is 19.3 Å². The fraction of sp³-hybridized carbons (Fsp3) is 0.562. The SMILES string of the molecule is Cn1ccnc1[C@@H]1OCC[C@H]1CNc1cc(NC2CC2)ncn1. The Kier molecular flexibility index (Phi) is 3.87. The van der Waals surface area contributed by atoms with E-state index in [0.717, 1.165) is 37.0 Å². The number of hydrogen-bond acceptors (Lipinski definition) is 6. The number of aromatic nitrogens is 4. The van der Waals surface area contributed by atoms with Gasteiger partial charge in [0.15, 0.2) is 0 Å². The van der Waals surface area contributed by atoms with Crippen LogP contribution in [0.2, 0.25) is 0 Å². The Labute approximate surface area is 135 Å². The maximum Gasteiger partial charge on any atom is 0.138 e. The van der Waals surface area contributed by atoms with Crippen LogP contribution < -0.4 is 10.6 Å². The molecule has 2 fully saturated rings. The van der Waals surface area contributed by atoms with E-state index in [9.17, 15) is 0 Å². The Morgan fingerprint density at radius 1 is 1.22 bits per heavy atom. The molecule has 122 valence electrons. The summed E-state index contributed by atoms with van der Waals surface area (Å²) in [5.41, 5.74) is 0. The number of ether oxygens (including phenoxy) is 1. The van der Waals surface area contributed by atoms with Crippen molar-refractivity contribution in [2.45, 2.75) is 31.4 Å². The van der Waals surface area contributed by atoms with Crippen molar-refractivity contribution < 1.29 is 4.74 Å². The van der Waals surface area contributed by atoms with Crippen LogP contribution in [-0.2, 0) is 11.8 Å². The smallest absolute Gasteiger partial charge is 0.138 e. The number of rotatable bonds is 6. The maximum absolute atomic E-state index is 5.90. The summed E-state index contributed by atoms with van der Waals surface area (Å²) < 4.78 is 7.93. The molecule has 7 heteroatoms. The van der Waals surface area contributed by atoms with E-state index in [1.807, 2.05) is 30.1 Å². The highest BCUT2D eigenvalue weighted by Crippen LogP contribution is 2.33. The van der Waals surface area contributed by atoms with Crippen LogP contribution in [0.5, 0.6) is 0 Å². The fourth-order valence-electron chi connectivity index (χ4n) is 2.98. The first-order valence-electron chi connectivity index (χ1n) is 8.21. The lowest BCUT2D eigenvalue weighted by Crippen LogP contribution is -2.20. The maximum atomic E-state index is 5.90. The summed E-state index contributed by atoms with van der Waals surface area (Å²) in [5.74, 6) is 3.14. The highest BCUT2D eigenvalue weighted by molar-refractivity contribution is 5.47. The van der Waals surface area contributed by atoms with Crippen LogP contribution in [0.3, 0.4) is 0 Å². The van der Waals surface area contributed by atoms with Gasteiger partial charge in [0.1, 0.15) is 29.9 Å². The van der Waals surface area contributed by atoms with E-state index in [2.05, 4.69) is 25.6 Å². The quantitative estimate of drug-likeness (QED) is 0.849. The number of aryl methyl sites for hydroxylation is 1. The Morgan fingerprint density at radius 2 is 2.09 bits per heavy atom. The molecule has 1 saturated heterocycles. The standard InChI is InChI=1S/C16H22N6O/c1-22-6-5-17-16(22)15-11(4-7-23-15)9-18-13-8-14(20-10-19-13)21-12-2-3-12/h5-6,8,10-12,15H,2-4,7,9H2,1H3,(H2,18,19,20,21)/t11-,15+/m0/s1. The van der Waals surface area contributed by atoms with E-state index in [1.165, 1.54) is 12.8 Å². The van der Waals surface area contributed by atoms with Gasteiger partial charge in [0, 0.05) is 50.6 Å². The molecule has 0 unspecified atom stereocenters. The minimum absolute atomic E-state index is 0.0494. The van der Waals surface area contributed by atoms with Crippen molar-refractivity contribution in [1.82, 2.24) is 19.5 Å². The number of nitrogens with one attached hydrogen (secondary N) is 2. The van der Waals surface area contributed by atoms with E-state index in [-0.39, 0.29) is 6.10 Å². The van der Waals surface area contributed by atoms with Crippen LogP contribution >= 0.6 is 0 Å². The molecule has 1 aliphatic carbocycles. The Hall–Kier alpha value is -2.15. The molecule has 23 heavy (non-hydrogen) atoms. The third-order valence-electron chi connectivity index (χ3n) is 4.47. The van der Waals surface area contributed by atoms with Crippen LogP contribution in [-0.4, -0.2) is 38.7 Å². The summed E-state index contributed by atoms with van der Waals surface area (Å²) in [5, 5.41) is 6.82. The molecule has 2 aromatic rings. The zero-order valence-corrected chi connectivity index (χ0v) is 13.3. The van der Waals surface area contributed by atoms with Crippen LogP contribution in [0.25, 0.3) is 0 Å². The average molecular weight is 314 g/mol. The van der Waals surface area contributed by atoms with Gasteiger partial charge in [-0.1, -0.05) is 0 Å².